The molecule has 0 atom stereocenters. The van der Waals surface area contributed by atoms with Crippen LogP contribution in [0.1, 0.15) is 28.2 Å². The van der Waals surface area contributed by atoms with Crippen LogP contribution in [0.4, 0.5) is 0 Å². The maximum atomic E-state index is 12.6. The number of fused-ring (bicyclic) bond motifs is 3. The summed E-state index contributed by atoms with van der Waals surface area (Å²) >= 11 is 7.68. The first-order valence-electron chi connectivity index (χ1n) is 9.88. The summed E-state index contributed by atoms with van der Waals surface area (Å²) in [6, 6.07) is 8.09. The zero-order valence-corrected chi connectivity index (χ0v) is 17.3. The van der Waals surface area contributed by atoms with Crippen LogP contribution in [0.15, 0.2) is 29.1 Å². The van der Waals surface area contributed by atoms with Crippen LogP contribution in [0.2, 0.25) is 5.02 Å². The van der Waals surface area contributed by atoms with Gasteiger partial charge in [-0.2, -0.15) is 0 Å². The molecule has 2 aromatic heterocycles. The number of thiophene rings is 1. The fraction of sp³-hybridized carbons (Fsp3) is 0.429. The van der Waals surface area contributed by atoms with Crippen LogP contribution < -0.4 is 5.56 Å². The third-order valence-corrected chi connectivity index (χ3v) is 7.22. The van der Waals surface area contributed by atoms with Crippen LogP contribution in [-0.2, 0) is 25.9 Å². The number of aryl methyl sites for hydroxylation is 2. The van der Waals surface area contributed by atoms with Gasteiger partial charge in [0.05, 0.1) is 11.9 Å². The summed E-state index contributed by atoms with van der Waals surface area (Å²) in [6.45, 7) is 5.66. The van der Waals surface area contributed by atoms with Crippen LogP contribution in [0.5, 0.6) is 0 Å². The van der Waals surface area contributed by atoms with Gasteiger partial charge >= 0.3 is 0 Å². The molecule has 0 bridgehead atoms. The number of nitrogens with one attached hydrogen (secondary N) is 1. The molecular formula is C21H23ClN4OS. The second-order valence-electron chi connectivity index (χ2n) is 7.73. The van der Waals surface area contributed by atoms with Crippen LogP contribution in [0.3, 0.4) is 0 Å². The second kappa shape index (κ2) is 7.59. The summed E-state index contributed by atoms with van der Waals surface area (Å²) in [4.78, 5) is 27.6. The Morgan fingerprint density at radius 2 is 1.75 bits per heavy atom. The molecule has 3 heterocycles. The van der Waals surface area contributed by atoms with Gasteiger partial charge in [-0.15, -0.1) is 11.3 Å². The SMILES string of the molecule is O=c1[nH]c(CN2CCN(Cc3ccc(Cl)cc3)CC2)nc2sc3c(c12)CCC3. The molecule has 2 aliphatic rings. The van der Waals surface area contributed by atoms with Crippen molar-refractivity contribution < 1.29 is 0 Å². The summed E-state index contributed by atoms with van der Waals surface area (Å²) in [5.41, 5.74) is 2.58. The van der Waals surface area contributed by atoms with E-state index in [2.05, 4.69) is 26.9 Å². The first-order chi connectivity index (χ1) is 13.7. The molecule has 0 radical (unpaired) electrons. The van der Waals surface area contributed by atoms with E-state index in [1.165, 1.54) is 22.4 Å². The molecular weight excluding hydrogens is 392 g/mol. The molecule has 3 aromatic rings. The predicted octanol–water partition coefficient (Wildman–Crippen LogP) is 3.44. The molecule has 28 heavy (non-hydrogen) atoms. The maximum Gasteiger partial charge on any atom is 0.259 e. The van der Waals surface area contributed by atoms with Crippen molar-refractivity contribution >= 4 is 33.2 Å². The van der Waals surface area contributed by atoms with Gasteiger partial charge in [0, 0.05) is 42.6 Å². The minimum absolute atomic E-state index is 0.0424. The van der Waals surface area contributed by atoms with E-state index in [0.717, 1.165) is 66.6 Å². The minimum Gasteiger partial charge on any atom is -0.309 e. The number of hydrogen-bond acceptors (Lipinski definition) is 5. The molecule has 0 amide bonds. The highest BCUT2D eigenvalue weighted by molar-refractivity contribution is 7.18. The highest BCUT2D eigenvalue weighted by Gasteiger charge is 2.22. The van der Waals surface area contributed by atoms with E-state index in [0.29, 0.717) is 6.54 Å². The van der Waals surface area contributed by atoms with E-state index in [1.807, 2.05) is 12.1 Å². The van der Waals surface area contributed by atoms with Gasteiger partial charge in [-0.3, -0.25) is 14.6 Å². The molecule has 1 aliphatic heterocycles. The van der Waals surface area contributed by atoms with Crippen LogP contribution >= 0.6 is 22.9 Å². The first kappa shape index (κ1) is 18.3. The van der Waals surface area contributed by atoms with E-state index in [1.54, 1.807) is 11.3 Å². The summed E-state index contributed by atoms with van der Waals surface area (Å²) in [5.74, 6) is 0.795. The van der Waals surface area contributed by atoms with Crippen LogP contribution in [0, 0.1) is 0 Å². The molecule has 0 spiro atoms. The smallest absolute Gasteiger partial charge is 0.259 e. The fourth-order valence-corrected chi connectivity index (χ4v) is 5.69. The number of rotatable bonds is 4. The van der Waals surface area contributed by atoms with Gasteiger partial charge < -0.3 is 4.98 Å². The molecule has 1 fully saturated rings. The Balaban J connectivity index is 1.23. The number of hydrogen-bond donors (Lipinski definition) is 1. The van der Waals surface area contributed by atoms with Gasteiger partial charge in [-0.25, -0.2) is 4.98 Å². The van der Waals surface area contributed by atoms with E-state index in [4.69, 9.17) is 16.6 Å². The third kappa shape index (κ3) is 3.62. The second-order valence-corrected chi connectivity index (χ2v) is 9.25. The number of aromatic nitrogens is 2. The number of H-pyrrole nitrogens is 1. The molecule has 0 saturated carbocycles. The highest BCUT2D eigenvalue weighted by atomic mass is 35.5. The Morgan fingerprint density at radius 1 is 1.04 bits per heavy atom. The lowest BCUT2D eigenvalue weighted by molar-refractivity contribution is 0.120. The highest BCUT2D eigenvalue weighted by Crippen LogP contribution is 2.34. The Bertz CT molecular complexity index is 1050. The van der Waals surface area contributed by atoms with Gasteiger partial charge in [0.15, 0.2) is 0 Å². The average molecular weight is 415 g/mol. The topological polar surface area (TPSA) is 52.2 Å². The van der Waals surface area contributed by atoms with Crippen molar-refractivity contribution in [1.82, 2.24) is 19.8 Å². The Kier molecular flexibility index (Phi) is 4.97. The summed E-state index contributed by atoms with van der Waals surface area (Å²) in [5, 5.41) is 1.62. The molecule has 1 aromatic carbocycles. The largest absolute Gasteiger partial charge is 0.309 e. The molecule has 1 aliphatic carbocycles. The lowest BCUT2D eigenvalue weighted by Gasteiger charge is -2.34. The minimum atomic E-state index is 0.0424. The van der Waals surface area contributed by atoms with Gasteiger partial charge in [-0.05, 0) is 42.5 Å². The summed E-state index contributed by atoms with van der Waals surface area (Å²) in [7, 11) is 0. The average Bonchev–Trinajstić information content (AvgIpc) is 3.26. The van der Waals surface area contributed by atoms with Crippen molar-refractivity contribution in [3.8, 4) is 0 Å². The van der Waals surface area contributed by atoms with Crippen molar-refractivity contribution in [1.29, 1.82) is 0 Å². The van der Waals surface area contributed by atoms with Gasteiger partial charge in [0.2, 0.25) is 0 Å². The van der Waals surface area contributed by atoms with Gasteiger partial charge in [0.25, 0.3) is 5.56 Å². The van der Waals surface area contributed by atoms with Crippen molar-refractivity contribution in [2.45, 2.75) is 32.4 Å². The van der Waals surface area contributed by atoms with Crippen molar-refractivity contribution in [3.05, 3.63) is 61.5 Å². The fourth-order valence-electron chi connectivity index (χ4n) is 4.29. The van der Waals surface area contributed by atoms with E-state index in [9.17, 15) is 4.79 Å². The number of benzene rings is 1. The Morgan fingerprint density at radius 3 is 2.50 bits per heavy atom. The monoisotopic (exact) mass is 414 g/mol. The molecule has 146 valence electrons. The Hall–Kier alpha value is -1.73. The van der Waals surface area contributed by atoms with Crippen molar-refractivity contribution in [3.63, 3.8) is 0 Å². The molecule has 5 nitrogen and oxygen atoms in total. The van der Waals surface area contributed by atoms with E-state index < -0.39 is 0 Å². The van der Waals surface area contributed by atoms with Gasteiger partial charge in [-0.1, -0.05) is 23.7 Å². The normalized spacial score (nSPS) is 18.0. The van der Waals surface area contributed by atoms with Crippen molar-refractivity contribution in [2.75, 3.05) is 26.2 Å². The maximum absolute atomic E-state index is 12.6. The van der Waals surface area contributed by atoms with Crippen molar-refractivity contribution in [2.24, 2.45) is 0 Å². The molecule has 7 heteroatoms. The zero-order valence-electron chi connectivity index (χ0n) is 15.7. The standard InChI is InChI=1S/C21H23ClN4OS/c22-15-6-4-14(5-7-15)12-25-8-10-26(11-9-25)13-18-23-20(27)19-16-2-1-3-17(16)28-21(19)24-18/h4-7H,1-3,8-13H2,(H,23,24,27). The zero-order chi connectivity index (χ0) is 19.1. The lowest BCUT2D eigenvalue weighted by Crippen LogP contribution is -2.45. The summed E-state index contributed by atoms with van der Waals surface area (Å²) in [6.07, 6.45) is 3.29. The lowest BCUT2D eigenvalue weighted by atomic mass is 10.2. The van der Waals surface area contributed by atoms with Crippen LogP contribution in [-0.4, -0.2) is 45.9 Å². The van der Waals surface area contributed by atoms with E-state index in [-0.39, 0.29) is 5.56 Å². The Labute approximate surface area is 173 Å². The third-order valence-electron chi connectivity index (χ3n) is 5.78. The number of piperazine rings is 1. The molecule has 1 N–H and O–H groups in total. The number of halogens is 1. The molecule has 1 saturated heterocycles. The number of nitrogens with zero attached hydrogens (tertiary/aromatic N) is 3. The van der Waals surface area contributed by atoms with Crippen LogP contribution in [0.25, 0.3) is 10.2 Å². The molecule has 5 rings (SSSR count). The summed E-state index contributed by atoms with van der Waals surface area (Å²) < 4.78 is 0. The predicted molar refractivity (Wildman–Crippen MR) is 114 cm³/mol. The first-order valence-corrected chi connectivity index (χ1v) is 11.1. The number of aromatic amines is 1. The molecule has 0 unspecified atom stereocenters. The quantitative estimate of drug-likeness (QED) is 0.710. The van der Waals surface area contributed by atoms with E-state index >= 15 is 0 Å². The van der Waals surface area contributed by atoms with Gasteiger partial charge in [0.1, 0.15) is 10.7 Å².